The number of hydrogen-bond acceptors (Lipinski definition) is 4. The lowest BCUT2D eigenvalue weighted by Gasteiger charge is -2.04. The average Bonchev–Trinajstić information content (AvgIpc) is 2.24. The van der Waals surface area contributed by atoms with Crippen LogP contribution in [0.3, 0.4) is 0 Å². The Balaban J connectivity index is 3.18. The van der Waals surface area contributed by atoms with Gasteiger partial charge in [0.05, 0.1) is 5.69 Å². The molecule has 0 saturated heterocycles. The Labute approximate surface area is 90.0 Å². The van der Waals surface area contributed by atoms with E-state index in [-0.39, 0.29) is 5.95 Å². The normalized spacial score (nSPS) is 11.9. The fourth-order valence-electron chi connectivity index (χ4n) is 1.15. The molecule has 0 bridgehead atoms. The van der Waals surface area contributed by atoms with Gasteiger partial charge >= 0.3 is 0 Å². The summed E-state index contributed by atoms with van der Waals surface area (Å²) in [6, 6.07) is 0. The van der Waals surface area contributed by atoms with Gasteiger partial charge < -0.3 is 5.73 Å². The lowest BCUT2D eigenvalue weighted by atomic mass is 9.97. The van der Waals surface area contributed by atoms with Crippen molar-refractivity contribution < 1.29 is 0 Å². The first-order valence-electron chi connectivity index (χ1n) is 4.61. The van der Waals surface area contributed by atoms with Gasteiger partial charge in [0.25, 0.3) is 0 Å². The molecule has 0 saturated carbocycles. The largest absolute Gasteiger partial charge is 0.366 e. The second-order valence-electron chi connectivity index (χ2n) is 2.94. The van der Waals surface area contributed by atoms with Gasteiger partial charge in [-0.15, -0.1) is 5.10 Å². The lowest BCUT2D eigenvalue weighted by molar-refractivity contribution is 1.00. The summed E-state index contributed by atoms with van der Waals surface area (Å²) in [6.45, 7) is 5.54. The van der Waals surface area contributed by atoms with E-state index in [1.807, 2.05) is 33.0 Å². The van der Waals surface area contributed by atoms with Crippen LogP contribution in [0.25, 0.3) is 5.57 Å². The van der Waals surface area contributed by atoms with Gasteiger partial charge in [0.1, 0.15) is 0 Å². The Kier molecular flexibility index (Phi) is 3.79. The van der Waals surface area contributed by atoms with E-state index in [1.54, 1.807) is 6.08 Å². The van der Waals surface area contributed by atoms with Crippen molar-refractivity contribution in [3.05, 3.63) is 36.6 Å². The van der Waals surface area contributed by atoms with Gasteiger partial charge in [-0.25, -0.2) is 4.98 Å². The molecular weight excluding hydrogens is 187 g/mol. The number of rotatable bonds is 3. The first-order valence-corrected chi connectivity index (χ1v) is 4.61. The Bertz CT molecular complexity index is 423. The number of nitrogen functional groups attached to an aromatic ring is 1. The van der Waals surface area contributed by atoms with E-state index in [0.717, 1.165) is 16.9 Å². The third kappa shape index (κ3) is 2.77. The molecule has 0 aliphatic carbocycles. The second kappa shape index (κ2) is 5.09. The van der Waals surface area contributed by atoms with Crippen molar-refractivity contribution in [1.82, 2.24) is 15.2 Å². The minimum atomic E-state index is 0.182. The topological polar surface area (TPSA) is 64.7 Å². The Hall–Kier alpha value is -1.91. The van der Waals surface area contributed by atoms with Crippen LogP contribution in [-0.4, -0.2) is 23.0 Å². The summed E-state index contributed by atoms with van der Waals surface area (Å²) < 4.78 is 0. The fraction of sp³-hybridized carbons (Fsp3) is 0.100. The van der Waals surface area contributed by atoms with Gasteiger partial charge in [0.2, 0.25) is 5.95 Å². The zero-order valence-electron chi connectivity index (χ0n) is 8.94. The summed E-state index contributed by atoms with van der Waals surface area (Å²) >= 11 is 0. The molecule has 5 heteroatoms. The van der Waals surface area contributed by atoms with Crippen LogP contribution in [0.4, 0.5) is 5.95 Å². The molecule has 0 unspecified atom stereocenters. The summed E-state index contributed by atoms with van der Waals surface area (Å²) in [5.74, 6) is 0.182. The highest BCUT2D eigenvalue weighted by atomic mass is 15.2. The number of anilines is 1. The molecule has 0 amide bonds. The van der Waals surface area contributed by atoms with Crippen LogP contribution in [0.15, 0.2) is 30.9 Å². The summed E-state index contributed by atoms with van der Waals surface area (Å²) in [7, 11) is 1.85. The van der Waals surface area contributed by atoms with Crippen LogP contribution >= 0.6 is 0 Å². The minimum Gasteiger partial charge on any atom is -0.366 e. The van der Waals surface area contributed by atoms with E-state index in [4.69, 9.17) is 5.73 Å². The van der Waals surface area contributed by atoms with Crippen LogP contribution in [0.2, 0.25) is 0 Å². The summed E-state index contributed by atoms with van der Waals surface area (Å²) in [4.78, 5) is 4.15. The minimum absolute atomic E-state index is 0.182. The van der Waals surface area contributed by atoms with Crippen molar-refractivity contribution in [2.45, 2.75) is 6.92 Å². The predicted molar refractivity (Wildman–Crippen MR) is 65.4 cm³/mol. The molecule has 1 rings (SSSR count). The molecule has 1 aromatic heterocycles. The van der Waals surface area contributed by atoms with Gasteiger partial charge in [0, 0.05) is 5.59 Å². The standard InChI is InChI=1S/C10H13BN4/c1-3-5-6-7(4-2)8-9(11)14-15-10(12)13-8/h3-6H,1,11H2,2H3,(H2,12,13,15)/b6-5-,7-4+. The third-order valence-corrected chi connectivity index (χ3v) is 1.87. The zero-order chi connectivity index (χ0) is 11.3. The SMILES string of the molecule is Bc1nnc(N)nc1C(/C=C\C=C)=C/C. The molecular formula is C10H13BN4. The smallest absolute Gasteiger partial charge is 0.240 e. The molecule has 0 aliphatic rings. The zero-order valence-corrected chi connectivity index (χ0v) is 8.94. The van der Waals surface area contributed by atoms with Crippen LogP contribution in [-0.2, 0) is 0 Å². The van der Waals surface area contributed by atoms with Crippen LogP contribution in [0.1, 0.15) is 12.6 Å². The van der Waals surface area contributed by atoms with E-state index >= 15 is 0 Å². The Morgan fingerprint density at radius 1 is 1.47 bits per heavy atom. The highest BCUT2D eigenvalue weighted by Gasteiger charge is 2.05. The first kappa shape index (κ1) is 11.2. The fourth-order valence-corrected chi connectivity index (χ4v) is 1.15. The van der Waals surface area contributed by atoms with Gasteiger partial charge in [-0.2, -0.15) is 5.10 Å². The molecule has 2 N–H and O–H groups in total. The molecule has 0 atom stereocenters. The number of allylic oxidation sites excluding steroid dienone is 5. The molecule has 0 radical (unpaired) electrons. The maximum Gasteiger partial charge on any atom is 0.240 e. The molecule has 4 nitrogen and oxygen atoms in total. The summed E-state index contributed by atoms with van der Waals surface area (Å²) in [5, 5.41) is 7.60. The van der Waals surface area contributed by atoms with E-state index in [1.165, 1.54) is 0 Å². The molecule has 0 spiro atoms. The number of nitrogens with two attached hydrogens (primary N) is 1. The molecule has 1 aromatic rings. The molecule has 0 fully saturated rings. The van der Waals surface area contributed by atoms with Gasteiger partial charge in [-0.3, -0.25) is 0 Å². The maximum absolute atomic E-state index is 5.49. The van der Waals surface area contributed by atoms with Crippen molar-refractivity contribution in [3.63, 3.8) is 0 Å². The number of hydrogen-bond donors (Lipinski definition) is 1. The molecule has 76 valence electrons. The molecule has 0 aromatic carbocycles. The highest BCUT2D eigenvalue weighted by Crippen LogP contribution is 2.10. The molecule has 15 heavy (non-hydrogen) atoms. The van der Waals surface area contributed by atoms with E-state index in [9.17, 15) is 0 Å². The maximum atomic E-state index is 5.49. The van der Waals surface area contributed by atoms with Crippen LogP contribution < -0.4 is 11.3 Å². The van der Waals surface area contributed by atoms with E-state index in [0.29, 0.717) is 0 Å². The predicted octanol–water partition coefficient (Wildman–Crippen LogP) is -0.142. The van der Waals surface area contributed by atoms with E-state index < -0.39 is 0 Å². The summed E-state index contributed by atoms with van der Waals surface area (Å²) in [6.07, 6.45) is 7.39. The number of nitrogens with zero attached hydrogens (tertiary/aromatic N) is 3. The van der Waals surface area contributed by atoms with Gasteiger partial charge in [-0.05, 0) is 12.5 Å². The quantitative estimate of drug-likeness (QED) is 0.544. The monoisotopic (exact) mass is 200 g/mol. The van der Waals surface area contributed by atoms with Gasteiger partial charge in [0.15, 0.2) is 7.85 Å². The van der Waals surface area contributed by atoms with Crippen LogP contribution in [0.5, 0.6) is 0 Å². The number of aromatic nitrogens is 3. The lowest BCUT2D eigenvalue weighted by Crippen LogP contribution is -2.19. The Morgan fingerprint density at radius 3 is 2.80 bits per heavy atom. The van der Waals surface area contributed by atoms with Gasteiger partial charge in [-0.1, -0.05) is 30.9 Å². The van der Waals surface area contributed by atoms with E-state index in [2.05, 4.69) is 21.8 Å². The second-order valence-corrected chi connectivity index (χ2v) is 2.94. The van der Waals surface area contributed by atoms with Crippen LogP contribution in [0, 0.1) is 0 Å². The van der Waals surface area contributed by atoms with Crippen molar-refractivity contribution in [1.29, 1.82) is 0 Å². The summed E-state index contributed by atoms with van der Waals surface area (Å²) in [5.41, 5.74) is 7.95. The van der Waals surface area contributed by atoms with Crippen molar-refractivity contribution >= 4 is 25.0 Å². The third-order valence-electron chi connectivity index (χ3n) is 1.87. The average molecular weight is 200 g/mol. The molecule has 1 heterocycles. The van der Waals surface area contributed by atoms with Crippen molar-refractivity contribution in [2.24, 2.45) is 0 Å². The van der Waals surface area contributed by atoms with Crippen molar-refractivity contribution in [2.75, 3.05) is 5.73 Å². The first-order chi connectivity index (χ1) is 7.19. The van der Waals surface area contributed by atoms with Crippen molar-refractivity contribution in [3.8, 4) is 0 Å². The Morgan fingerprint density at radius 2 is 2.20 bits per heavy atom. The highest BCUT2D eigenvalue weighted by molar-refractivity contribution is 6.32. The molecule has 0 aliphatic heterocycles.